The molecule has 0 saturated carbocycles. The van der Waals surface area contributed by atoms with Gasteiger partial charge in [-0.2, -0.15) is 0 Å². The molecule has 0 aliphatic rings. The van der Waals surface area contributed by atoms with Crippen molar-refractivity contribution in [3.63, 3.8) is 0 Å². The molecule has 1 atom stereocenters. The van der Waals surface area contributed by atoms with Crippen molar-refractivity contribution in [2.24, 2.45) is 5.92 Å². The molecule has 17 heavy (non-hydrogen) atoms. The molecule has 1 aromatic heterocycles. The summed E-state index contributed by atoms with van der Waals surface area (Å²) in [5.41, 5.74) is 1.59. The Hall–Kier alpha value is -1.38. The van der Waals surface area contributed by atoms with Crippen LogP contribution in [0.5, 0.6) is 0 Å². The van der Waals surface area contributed by atoms with Gasteiger partial charge in [0.1, 0.15) is 5.69 Å². The molecule has 0 bridgehead atoms. The lowest BCUT2D eigenvalue weighted by molar-refractivity contribution is 0.101. The van der Waals surface area contributed by atoms with E-state index >= 15 is 0 Å². The number of ketones is 1. The van der Waals surface area contributed by atoms with Crippen molar-refractivity contribution in [1.29, 1.82) is 0 Å². The van der Waals surface area contributed by atoms with Crippen molar-refractivity contribution in [3.05, 3.63) is 24.0 Å². The third-order valence-electron chi connectivity index (χ3n) is 2.99. The fraction of sp³-hybridized carbons (Fsp3) is 0.571. The largest absolute Gasteiger partial charge is 0.371 e. The molecule has 1 aromatic rings. The van der Waals surface area contributed by atoms with E-state index in [1.807, 2.05) is 6.07 Å². The Labute approximate surface area is 104 Å². The first kappa shape index (κ1) is 13.7. The average Bonchev–Trinajstić information content (AvgIpc) is 2.27. The number of anilines is 1. The van der Waals surface area contributed by atoms with Crippen molar-refractivity contribution in [2.45, 2.75) is 40.2 Å². The Balaban J connectivity index is 2.75. The van der Waals surface area contributed by atoms with Gasteiger partial charge in [0.05, 0.1) is 11.9 Å². The second kappa shape index (κ2) is 5.80. The van der Waals surface area contributed by atoms with E-state index in [4.69, 9.17) is 0 Å². The molecule has 0 aromatic carbocycles. The van der Waals surface area contributed by atoms with Crippen LogP contribution in [-0.4, -0.2) is 23.9 Å². The van der Waals surface area contributed by atoms with Crippen molar-refractivity contribution < 1.29 is 4.79 Å². The fourth-order valence-corrected chi connectivity index (χ4v) is 1.90. The highest BCUT2D eigenvalue weighted by Crippen LogP contribution is 2.18. The molecule has 3 nitrogen and oxygen atoms in total. The van der Waals surface area contributed by atoms with Gasteiger partial charge in [-0.05, 0) is 31.4 Å². The molecule has 0 N–H and O–H groups in total. The van der Waals surface area contributed by atoms with Crippen molar-refractivity contribution >= 4 is 11.5 Å². The molecule has 0 aliphatic heterocycles. The zero-order valence-electron chi connectivity index (χ0n) is 11.4. The van der Waals surface area contributed by atoms with Crippen LogP contribution in [0.2, 0.25) is 0 Å². The molecule has 0 aliphatic carbocycles. The number of hydrogen-bond acceptors (Lipinski definition) is 3. The first-order chi connectivity index (χ1) is 7.91. The normalized spacial score (nSPS) is 12.6. The number of carbonyl (C=O) groups excluding carboxylic acids is 1. The van der Waals surface area contributed by atoms with Gasteiger partial charge < -0.3 is 4.90 Å². The van der Waals surface area contributed by atoms with E-state index in [2.05, 4.69) is 37.7 Å². The highest BCUT2D eigenvalue weighted by atomic mass is 16.1. The first-order valence-corrected chi connectivity index (χ1v) is 6.11. The van der Waals surface area contributed by atoms with E-state index in [1.165, 1.54) is 6.92 Å². The number of pyridine rings is 1. The molecule has 0 radical (unpaired) electrons. The number of hydrogen-bond donors (Lipinski definition) is 0. The van der Waals surface area contributed by atoms with Crippen LogP contribution < -0.4 is 4.90 Å². The summed E-state index contributed by atoms with van der Waals surface area (Å²) in [6, 6.07) is 4.22. The zero-order valence-corrected chi connectivity index (χ0v) is 11.4. The molecule has 94 valence electrons. The maximum Gasteiger partial charge on any atom is 0.178 e. The molecular formula is C14H22N2O. The van der Waals surface area contributed by atoms with E-state index in [9.17, 15) is 4.79 Å². The molecule has 0 fully saturated rings. The number of carbonyl (C=O) groups is 1. The minimum Gasteiger partial charge on any atom is -0.371 e. The summed E-state index contributed by atoms with van der Waals surface area (Å²) >= 11 is 0. The van der Waals surface area contributed by atoms with E-state index in [0.29, 0.717) is 17.7 Å². The topological polar surface area (TPSA) is 33.2 Å². The third-order valence-corrected chi connectivity index (χ3v) is 2.99. The number of nitrogens with zero attached hydrogens (tertiary/aromatic N) is 2. The van der Waals surface area contributed by atoms with Crippen LogP contribution in [0, 0.1) is 5.92 Å². The number of aromatic nitrogens is 1. The molecular weight excluding hydrogens is 212 g/mol. The summed E-state index contributed by atoms with van der Waals surface area (Å²) in [6.07, 6.45) is 2.92. The van der Waals surface area contributed by atoms with Gasteiger partial charge in [-0.25, -0.2) is 0 Å². The second-order valence-corrected chi connectivity index (χ2v) is 5.05. The molecule has 0 spiro atoms. The predicted octanol–water partition coefficient (Wildman–Crippen LogP) is 3.16. The quantitative estimate of drug-likeness (QED) is 0.734. The van der Waals surface area contributed by atoms with Gasteiger partial charge in [-0.3, -0.25) is 9.78 Å². The molecule has 3 heteroatoms. The van der Waals surface area contributed by atoms with Crippen LogP contribution in [0.3, 0.4) is 0 Å². The molecule has 1 unspecified atom stereocenters. The maximum absolute atomic E-state index is 11.1. The summed E-state index contributed by atoms with van der Waals surface area (Å²) < 4.78 is 0. The molecule has 0 amide bonds. The molecule has 1 rings (SSSR count). The average molecular weight is 234 g/mol. The molecule has 1 heterocycles. The van der Waals surface area contributed by atoms with Gasteiger partial charge in [0.25, 0.3) is 0 Å². The standard InChI is InChI=1S/C14H22N2O/c1-10(2)8-11(3)16(5)13-6-7-14(12(4)17)15-9-13/h6-7,9-11H,8H2,1-5H3. The van der Waals surface area contributed by atoms with E-state index < -0.39 is 0 Å². The van der Waals surface area contributed by atoms with Crippen LogP contribution in [-0.2, 0) is 0 Å². The highest BCUT2D eigenvalue weighted by Gasteiger charge is 2.12. The first-order valence-electron chi connectivity index (χ1n) is 6.11. The van der Waals surface area contributed by atoms with E-state index in [-0.39, 0.29) is 5.78 Å². The summed E-state index contributed by atoms with van der Waals surface area (Å²) in [4.78, 5) is 17.5. The van der Waals surface area contributed by atoms with Gasteiger partial charge >= 0.3 is 0 Å². The lowest BCUT2D eigenvalue weighted by Crippen LogP contribution is -2.30. The van der Waals surface area contributed by atoms with Gasteiger partial charge in [0, 0.05) is 20.0 Å². The zero-order chi connectivity index (χ0) is 13.0. The van der Waals surface area contributed by atoms with Crippen LogP contribution in [0.15, 0.2) is 18.3 Å². The van der Waals surface area contributed by atoms with Crippen LogP contribution in [0.1, 0.15) is 44.6 Å². The Bertz CT molecular complexity index is 370. The summed E-state index contributed by atoms with van der Waals surface area (Å²) in [5, 5.41) is 0. The van der Waals surface area contributed by atoms with E-state index in [0.717, 1.165) is 12.1 Å². The lowest BCUT2D eigenvalue weighted by Gasteiger charge is -2.28. The third kappa shape index (κ3) is 3.84. The van der Waals surface area contributed by atoms with Crippen LogP contribution >= 0.6 is 0 Å². The fourth-order valence-electron chi connectivity index (χ4n) is 1.90. The van der Waals surface area contributed by atoms with Crippen LogP contribution in [0.25, 0.3) is 0 Å². The minimum absolute atomic E-state index is 0.00873. The highest BCUT2D eigenvalue weighted by molar-refractivity contribution is 5.92. The van der Waals surface area contributed by atoms with Crippen molar-refractivity contribution in [2.75, 3.05) is 11.9 Å². The van der Waals surface area contributed by atoms with Crippen molar-refractivity contribution in [1.82, 2.24) is 4.98 Å². The smallest absolute Gasteiger partial charge is 0.178 e. The Kier molecular flexibility index (Phi) is 4.67. The summed E-state index contributed by atoms with van der Waals surface area (Å²) in [6.45, 7) is 8.19. The number of Topliss-reactive ketones (excluding diaryl/α,β-unsaturated/α-hetero) is 1. The van der Waals surface area contributed by atoms with Crippen LogP contribution in [0.4, 0.5) is 5.69 Å². The van der Waals surface area contributed by atoms with Gasteiger partial charge in [-0.15, -0.1) is 0 Å². The monoisotopic (exact) mass is 234 g/mol. The Morgan fingerprint density at radius 3 is 2.41 bits per heavy atom. The summed E-state index contributed by atoms with van der Waals surface area (Å²) in [7, 11) is 2.07. The van der Waals surface area contributed by atoms with Gasteiger partial charge in [-0.1, -0.05) is 13.8 Å². The Morgan fingerprint density at radius 1 is 1.35 bits per heavy atom. The predicted molar refractivity (Wildman–Crippen MR) is 71.6 cm³/mol. The second-order valence-electron chi connectivity index (χ2n) is 5.05. The minimum atomic E-state index is 0.00873. The van der Waals surface area contributed by atoms with Gasteiger partial charge in [0.15, 0.2) is 5.78 Å². The molecule has 0 saturated heterocycles. The Morgan fingerprint density at radius 2 is 2.00 bits per heavy atom. The van der Waals surface area contributed by atoms with E-state index in [1.54, 1.807) is 12.3 Å². The lowest BCUT2D eigenvalue weighted by atomic mass is 10.0. The van der Waals surface area contributed by atoms with Crippen molar-refractivity contribution in [3.8, 4) is 0 Å². The summed E-state index contributed by atoms with van der Waals surface area (Å²) in [5.74, 6) is 0.686. The maximum atomic E-state index is 11.1. The van der Waals surface area contributed by atoms with Gasteiger partial charge in [0.2, 0.25) is 0 Å². The number of rotatable bonds is 5. The SMILES string of the molecule is CC(=O)c1ccc(N(C)C(C)CC(C)C)cn1.